The maximum atomic E-state index is 12.7. The Kier molecular flexibility index (Phi) is 3.35. The zero-order valence-corrected chi connectivity index (χ0v) is 12.6. The van der Waals surface area contributed by atoms with Crippen LogP contribution in [0.2, 0.25) is 0 Å². The predicted octanol–water partition coefficient (Wildman–Crippen LogP) is 2.80. The van der Waals surface area contributed by atoms with Crippen molar-refractivity contribution in [1.82, 2.24) is 15.1 Å². The summed E-state index contributed by atoms with van der Waals surface area (Å²) in [4.78, 5) is 14.6. The summed E-state index contributed by atoms with van der Waals surface area (Å²) < 4.78 is 0. The molecule has 2 aromatic rings. The highest BCUT2D eigenvalue weighted by Gasteiger charge is 2.31. The molecule has 1 amide bonds. The lowest BCUT2D eigenvalue weighted by Gasteiger charge is -2.38. The summed E-state index contributed by atoms with van der Waals surface area (Å²) >= 11 is 0. The smallest absolute Gasteiger partial charge is 0.274 e. The van der Waals surface area contributed by atoms with Crippen LogP contribution in [0.3, 0.4) is 0 Å². The number of hydrogen-bond donors (Lipinski definition) is 2. The summed E-state index contributed by atoms with van der Waals surface area (Å²) in [5.41, 5.74) is 8.17. The first kappa shape index (κ1) is 13.9. The molecule has 1 aromatic heterocycles. The van der Waals surface area contributed by atoms with Gasteiger partial charge in [0.25, 0.3) is 5.91 Å². The van der Waals surface area contributed by atoms with Gasteiger partial charge in [0.15, 0.2) is 5.69 Å². The largest absolute Gasteiger partial charge is 0.399 e. The van der Waals surface area contributed by atoms with Crippen LogP contribution < -0.4 is 5.73 Å². The Morgan fingerprint density at radius 2 is 2.14 bits per heavy atom. The Hall–Kier alpha value is -2.04. The number of benzene rings is 1. The summed E-state index contributed by atoms with van der Waals surface area (Å²) in [7, 11) is 0. The van der Waals surface area contributed by atoms with E-state index in [2.05, 4.69) is 24.0 Å². The number of nitrogens with one attached hydrogen (secondary N) is 1. The monoisotopic (exact) mass is 286 g/mol. The van der Waals surface area contributed by atoms with Crippen LogP contribution in [0.15, 0.2) is 18.2 Å². The fourth-order valence-corrected chi connectivity index (χ4v) is 2.95. The van der Waals surface area contributed by atoms with Gasteiger partial charge in [-0.05, 0) is 36.5 Å². The van der Waals surface area contributed by atoms with Gasteiger partial charge in [-0.1, -0.05) is 20.3 Å². The number of hydrogen-bond acceptors (Lipinski definition) is 3. The zero-order chi connectivity index (χ0) is 15.0. The number of likely N-dealkylation sites (tertiary alicyclic amines) is 1. The lowest BCUT2D eigenvalue weighted by molar-refractivity contribution is 0.0596. The number of piperidine rings is 1. The second kappa shape index (κ2) is 5.06. The molecule has 2 heterocycles. The summed E-state index contributed by atoms with van der Waals surface area (Å²) in [5.74, 6) is 0.00463. The fraction of sp³-hybridized carbons (Fsp3) is 0.500. The topological polar surface area (TPSA) is 75.0 Å². The standard InChI is InChI=1S/C16H22N4O/c1-3-16(2)6-8-20(9-7-16)15(21)14-12-10-11(17)4-5-13(12)18-19-14/h4-5,10H,3,6-9,17H2,1-2H3,(H,18,19). The highest BCUT2D eigenvalue weighted by Crippen LogP contribution is 2.34. The molecule has 1 aliphatic heterocycles. The van der Waals surface area contributed by atoms with Crippen LogP contribution in [0.1, 0.15) is 43.6 Å². The molecule has 3 N–H and O–H groups in total. The second-order valence-electron chi connectivity index (χ2n) is 6.33. The average Bonchev–Trinajstić information content (AvgIpc) is 2.90. The number of amides is 1. The minimum absolute atomic E-state index is 0.00463. The van der Waals surface area contributed by atoms with Crippen LogP contribution in [0.4, 0.5) is 5.69 Å². The van der Waals surface area contributed by atoms with E-state index in [1.165, 1.54) is 0 Å². The third kappa shape index (κ3) is 2.48. The van der Waals surface area contributed by atoms with Crippen LogP contribution in [0.5, 0.6) is 0 Å². The number of rotatable bonds is 2. The molecule has 0 unspecified atom stereocenters. The molecule has 112 valence electrons. The van der Waals surface area contributed by atoms with Crippen LogP contribution >= 0.6 is 0 Å². The molecule has 0 bridgehead atoms. The SMILES string of the molecule is CCC1(C)CCN(C(=O)c2n[nH]c3ccc(N)cc23)CC1. The highest BCUT2D eigenvalue weighted by atomic mass is 16.2. The molecular formula is C16H22N4O. The van der Waals surface area contributed by atoms with Crippen molar-refractivity contribution in [3.8, 4) is 0 Å². The quantitative estimate of drug-likeness (QED) is 0.834. The predicted molar refractivity (Wildman–Crippen MR) is 84.0 cm³/mol. The maximum absolute atomic E-state index is 12.7. The number of carbonyl (C=O) groups is 1. The summed E-state index contributed by atoms with van der Waals surface area (Å²) in [6.07, 6.45) is 3.27. The molecule has 21 heavy (non-hydrogen) atoms. The Morgan fingerprint density at radius 1 is 1.43 bits per heavy atom. The van der Waals surface area contributed by atoms with Crippen molar-refractivity contribution in [2.24, 2.45) is 5.41 Å². The molecule has 0 aliphatic carbocycles. The van der Waals surface area contributed by atoms with Crippen molar-refractivity contribution in [2.45, 2.75) is 33.1 Å². The first-order valence-corrected chi connectivity index (χ1v) is 7.55. The van der Waals surface area contributed by atoms with E-state index in [1.54, 1.807) is 0 Å². The molecule has 0 spiro atoms. The van der Waals surface area contributed by atoms with Gasteiger partial charge in [-0.15, -0.1) is 0 Å². The van der Waals surface area contributed by atoms with E-state index < -0.39 is 0 Å². The minimum atomic E-state index is 0.00463. The van der Waals surface area contributed by atoms with Gasteiger partial charge in [0, 0.05) is 24.2 Å². The van der Waals surface area contributed by atoms with E-state index >= 15 is 0 Å². The van der Waals surface area contributed by atoms with E-state index in [0.29, 0.717) is 16.8 Å². The molecule has 3 rings (SSSR count). The molecule has 1 aliphatic rings. The van der Waals surface area contributed by atoms with Gasteiger partial charge in [-0.25, -0.2) is 0 Å². The van der Waals surface area contributed by atoms with Gasteiger partial charge in [0.2, 0.25) is 0 Å². The van der Waals surface area contributed by atoms with Crippen LogP contribution in [0, 0.1) is 5.41 Å². The molecule has 0 radical (unpaired) electrons. The molecule has 5 heteroatoms. The van der Waals surface area contributed by atoms with Gasteiger partial charge in [-0.3, -0.25) is 9.89 Å². The molecule has 5 nitrogen and oxygen atoms in total. The number of carbonyl (C=O) groups excluding carboxylic acids is 1. The maximum Gasteiger partial charge on any atom is 0.274 e. The van der Waals surface area contributed by atoms with E-state index in [-0.39, 0.29) is 5.91 Å². The number of aromatic amines is 1. The van der Waals surface area contributed by atoms with Crippen molar-refractivity contribution in [3.05, 3.63) is 23.9 Å². The van der Waals surface area contributed by atoms with E-state index in [0.717, 1.165) is 43.3 Å². The van der Waals surface area contributed by atoms with Gasteiger partial charge in [0.05, 0.1) is 5.52 Å². The number of anilines is 1. The van der Waals surface area contributed by atoms with Crippen LogP contribution in [0.25, 0.3) is 10.9 Å². The highest BCUT2D eigenvalue weighted by molar-refractivity contribution is 6.05. The third-order valence-corrected chi connectivity index (χ3v) is 4.90. The Balaban J connectivity index is 1.83. The minimum Gasteiger partial charge on any atom is -0.399 e. The fourth-order valence-electron chi connectivity index (χ4n) is 2.95. The number of H-pyrrole nitrogens is 1. The third-order valence-electron chi connectivity index (χ3n) is 4.90. The van der Waals surface area contributed by atoms with Crippen LogP contribution in [-0.4, -0.2) is 34.1 Å². The normalized spacial score (nSPS) is 18.1. The summed E-state index contributed by atoms with van der Waals surface area (Å²) in [6, 6.07) is 5.48. The molecule has 1 fully saturated rings. The van der Waals surface area contributed by atoms with Crippen molar-refractivity contribution >= 4 is 22.5 Å². The number of nitrogen functional groups attached to an aromatic ring is 1. The van der Waals surface area contributed by atoms with Gasteiger partial charge in [0.1, 0.15) is 0 Å². The Morgan fingerprint density at radius 3 is 2.81 bits per heavy atom. The number of fused-ring (bicyclic) bond motifs is 1. The zero-order valence-electron chi connectivity index (χ0n) is 12.6. The molecule has 0 atom stereocenters. The number of nitrogens with zero attached hydrogens (tertiary/aromatic N) is 2. The van der Waals surface area contributed by atoms with Gasteiger partial charge < -0.3 is 10.6 Å². The van der Waals surface area contributed by atoms with E-state index in [1.807, 2.05) is 23.1 Å². The van der Waals surface area contributed by atoms with Gasteiger partial charge >= 0.3 is 0 Å². The number of aromatic nitrogens is 2. The van der Waals surface area contributed by atoms with Crippen molar-refractivity contribution in [2.75, 3.05) is 18.8 Å². The Labute approximate surface area is 124 Å². The lowest BCUT2D eigenvalue weighted by Crippen LogP contribution is -2.42. The lowest BCUT2D eigenvalue weighted by atomic mass is 9.78. The molecule has 0 saturated carbocycles. The molecular weight excluding hydrogens is 264 g/mol. The van der Waals surface area contributed by atoms with Crippen molar-refractivity contribution in [3.63, 3.8) is 0 Å². The van der Waals surface area contributed by atoms with Crippen LogP contribution in [-0.2, 0) is 0 Å². The Bertz CT molecular complexity index is 668. The molecule has 1 aromatic carbocycles. The number of nitrogens with two attached hydrogens (primary N) is 1. The first-order valence-electron chi connectivity index (χ1n) is 7.55. The van der Waals surface area contributed by atoms with E-state index in [9.17, 15) is 4.79 Å². The first-order chi connectivity index (χ1) is 10.0. The van der Waals surface area contributed by atoms with Crippen molar-refractivity contribution in [1.29, 1.82) is 0 Å². The average molecular weight is 286 g/mol. The van der Waals surface area contributed by atoms with Crippen molar-refractivity contribution < 1.29 is 4.79 Å². The molecule has 1 saturated heterocycles. The summed E-state index contributed by atoms with van der Waals surface area (Å²) in [6.45, 7) is 6.14. The van der Waals surface area contributed by atoms with E-state index in [4.69, 9.17) is 5.73 Å². The second-order valence-corrected chi connectivity index (χ2v) is 6.33. The summed E-state index contributed by atoms with van der Waals surface area (Å²) in [5, 5.41) is 7.92. The van der Waals surface area contributed by atoms with Gasteiger partial charge in [-0.2, -0.15) is 5.10 Å².